The van der Waals surface area contributed by atoms with Gasteiger partial charge < -0.3 is 5.73 Å². The number of halogens is 3. The van der Waals surface area contributed by atoms with Gasteiger partial charge in [0.2, 0.25) is 0 Å². The van der Waals surface area contributed by atoms with Gasteiger partial charge >= 0.3 is 0 Å². The Kier molecular flexibility index (Phi) is 3.55. The lowest BCUT2D eigenvalue weighted by molar-refractivity contribution is 0.499. The molecule has 2 N–H and O–H groups in total. The van der Waals surface area contributed by atoms with Crippen LogP contribution in [0.15, 0.2) is 8.84 Å². The Hall–Kier alpha value is -0.555. The molecule has 0 amide bonds. The molecule has 0 heterocycles. The number of anilines is 1. The Morgan fingerprint density at radius 2 is 2.00 bits per heavy atom. The summed E-state index contributed by atoms with van der Waals surface area (Å²) >= 11 is 7.20. The normalized spacial score (nSPS) is 10.2. The molecule has 0 aromatic heterocycles. The van der Waals surface area contributed by atoms with E-state index in [1.54, 1.807) is 0 Å². The van der Waals surface area contributed by atoms with E-state index in [2.05, 4.69) is 32.7 Å². The summed E-state index contributed by atoms with van der Waals surface area (Å²) in [5.41, 5.74) is 5.32. The fourth-order valence-corrected chi connectivity index (χ4v) is 1.58. The molecule has 1 rings (SSSR count). The van der Waals surface area contributed by atoms with Crippen LogP contribution in [0.1, 0.15) is 5.56 Å². The molecule has 14 heavy (non-hydrogen) atoms. The first-order valence-corrected chi connectivity index (χ1v) is 4.68. The second-order valence-electron chi connectivity index (χ2n) is 2.48. The summed E-state index contributed by atoms with van der Waals surface area (Å²) in [6, 6.07) is 0. The average Bonchev–Trinajstić information content (AvgIpc) is 2.20. The molecule has 2 nitrogen and oxygen atoms in total. The van der Waals surface area contributed by atoms with E-state index in [1.165, 1.54) is 0 Å². The van der Waals surface area contributed by atoms with Crippen LogP contribution in [0.4, 0.5) is 20.2 Å². The lowest BCUT2D eigenvalue weighted by atomic mass is 9.94. The molecule has 0 bridgehead atoms. The van der Waals surface area contributed by atoms with E-state index in [-0.39, 0.29) is 27.7 Å². The van der Waals surface area contributed by atoms with Gasteiger partial charge in [-0.3, -0.25) is 0 Å². The van der Waals surface area contributed by atoms with Crippen LogP contribution in [0.5, 0.6) is 0 Å². The van der Waals surface area contributed by atoms with Crippen molar-refractivity contribution in [2.24, 2.45) is 4.36 Å². The van der Waals surface area contributed by atoms with E-state index < -0.39 is 11.6 Å². The number of benzene rings is 1. The first kappa shape index (κ1) is 11.5. The average molecular weight is 277 g/mol. The monoisotopic (exact) mass is 276 g/mol. The first-order chi connectivity index (χ1) is 6.54. The third kappa shape index (κ3) is 1.66. The summed E-state index contributed by atoms with van der Waals surface area (Å²) in [6.45, 7) is 0. The van der Waals surface area contributed by atoms with Crippen LogP contribution in [0.25, 0.3) is 0 Å². The highest BCUT2D eigenvalue weighted by Gasteiger charge is 2.20. The fourth-order valence-electron chi connectivity index (χ4n) is 1.01. The van der Waals surface area contributed by atoms with Crippen molar-refractivity contribution >= 4 is 47.6 Å². The minimum absolute atomic E-state index is 0.00766. The summed E-state index contributed by atoms with van der Waals surface area (Å²) in [4.78, 5) is 0. The lowest BCUT2D eigenvalue weighted by Gasteiger charge is -2.10. The Morgan fingerprint density at radius 3 is 2.43 bits per heavy atom. The van der Waals surface area contributed by atoms with E-state index >= 15 is 0 Å². The minimum atomic E-state index is -1.08. The molecule has 1 aromatic rings. The predicted molar refractivity (Wildman–Crippen MR) is 57.4 cm³/mol. The number of nitrogens with zero attached hydrogens (tertiary/aromatic N) is 1. The second kappa shape index (κ2) is 4.31. The van der Waals surface area contributed by atoms with Crippen molar-refractivity contribution in [1.82, 2.24) is 0 Å². The van der Waals surface area contributed by atoms with Gasteiger partial charge in [0, 0.05) is 18.0 Å². The number of hydrogen-bond donors (Lipinski definition) is 1. The van der Waals surface area contributed by atoms with Gasteiger partial charge in [0.05, 0.1) is 18.0 Å². The molecule has 0 saturated heterocycles. The zero-order chi connectivity index (χ0) is 10.9. The van der Waals surface area contributed by atoms with Crippen LogP contribution >= 0.6 is 15.9 Å². The van der Waals surface area contributed by atoms with Crippen molar-refractivity contribution in [3.8, 4) is 0 Å². The third-order valence-corrected chi connectivity index (χ3v) is 2.68. The van der Waals surface area contributed by atoms with E-state index in [1.807, 2.05) is 0 Å². The zero-order valence-corrected chi connectivity index (χ0v) is 9.25. The molecular formula is C7H4BBrF2N2S. The van der Waals surface area contributed by atoms with Crippen molar-refractivity contribution in [3.05, 3.63) is 21.7 Å². The van der Waals surface area contributed by atoms with Gasteiger partial charge in [-0.15, -0.1) is 0 Å². The van der Waals surface area contributed by atoms with Gasteiger partial charge in [-0.2, -0.15) is 4.36 Å². The third-order valence-electron chi connectivity index (χ3n) is 1.72. The van der Waals surface area contributed by atoms with Crippen LogP contribution < -0.4 is 5.73 Å². The molecule has 0 fully saturated rings. The smallest absolute Gasteiger partial charge is 0.175 e. The molecule has 0 saturated carbocycles. The molecule has 0 aliphatic rings. The summed E-state index contributed by atoms with van der Waals surface area (Å²) in [7, 11) is 5.23. The van der Waals surface area contributed by atoms with E-state index in [0.29, 0.717) is 0 Å². The summed E-state index contributed by atoms with van der Waals surface area (Å²) in [5.74, 6) is -2.15. The Balaban J connectivity index is 3.65. The standard InChI is InChI=1S/C7H4BBrF2N2S/c8-1-2-4(10)5(11)3(9)6(12)7(2)13-14/h1,12H2. The SMILES string of the molecule is [B]Cc1c(F)c(F)c(Br)c(N)c1N=S. The van der Waals surface area contributed by atoms with Crippen molar-refractivity contribution in [2.45, 2.75) is 6.32 Å². The van der Waals surface area contributed by atoms with Crippen LogP contribution in [0, 0.1) is 11.6 Å². The van der Waals surface area contributed by atoms with Gasteiger partial charge in [-0.25, -0.2) is 8.78 Å². The highest BCUT2D eigenvalue weighted by molar-refractivity contribution is 9.10. The number of nitrogen functional groups attached to an aromatic ring is 1. The first-order valence-electron chi connectivity index (χ1n) is 3.52. The Bertz CT molecular complexity index is 400. The minimum Gasteiger partial charge on any atom is -0.396 e. The Labute approximate surface area is 94.6 Å². The largest absolute Gasteiger partial charge is 0.396 e. The molecule has 0 spiro atoms. The summed E-state index contributed by atoms with van der Waals surface area (Å²) in [6.07, 6.45) is -0.213. The second-order valence-corrected chi connectivity index (χ2v) is 3.45. The maximum Gasteiger partial charge on any atom is 0.175 e. The molecule has 0 unspecified atom stereocenters. The number of nitrogens with two attached hydrogens (primary N) is 1. The van der Waals surface area contributed by atoms with Gasteiger partial charge in [0.25, 0.3) is 0 Å². The number of hydrogen-bond acceptors (Lipinski definition) is 3. The van der Waals surface area contributed by atoms with Crippen LogP contribution in [0.3, 0.4) is 0 Å². The van der Waals surface area contributed by atoms with E-state index in [9.17, 15) is 8.78 Å². The maximum atomic E-state index is 13.2. The Morgan fingerprint density at radius 1 is 1.43 bits per heavy atom. The van der Waals surface area contributed by atoms with E-state index in [4.69, 9.17) is 13.6 Å². The molecule has 7 heteroatoms. The van der Waals surface area contributed by atoms with Crippen LogP contribution in [-0.2, 0) is 18.7 Å². The summed E-state index contributed by atoms with van der Waals surface area (Å²) in [5, 5.41) is 0. The van der Waals surface area contributed by atoms with Crippen molar-refractivity contribution in [1.29, 1.82) is 0 Å². The van der Waals surface area contributed by atoms with Gasteiger partial charge in [0.15, 0.2) is 11.6 Å². The quantitative estimate of drug-likeness (QED) is 0.512. The lowest BCUT2D eigenvalue weighted by Crippen LogP contribution is -2.01. The van der Waals surface area contributed by atoms with Crippen LogP contribution in [0.2, 0.25) is 0 Å². The topological polar surface area (TPSA) is 38.4 Å². The van der Waals surface area contributed by atoms with Gasteiger partial charge in [-0.1, -0.05) is 6.32 Å². The van der Waals surface area contributed by atoms with Gasteiger partial charge in [-0.05, 0) is 15.9 Å². The van der Waals surface area contributed by atoms with Crippen molar-refractivity contribution < 1.29 is 8.78 Å². The molecule has 1 aromatic carbocycles. The molecule has 2 radical (unpaired) electrons. The predicted octanol–water partition coefficient (Wildman–Crippen LogP) is 2.34. The zero-order valence-electron chi connectivity index (χ0n) is 6.85. The fraction of sp³-hybridized carbons (Fsp3) is 0.143. The highest BCUT2D eigenvalue weighted by Crippen LogP contribution is 2.37. The van der Waals surface area contributed by atoms with Gasteiger partial charge in [0.1, 0.15) is 5.69 Å². The number of rotatable bonds is 2. The van der Waals surface area contributed by atoms with Crippen molar-refractivity contribution in [2.75, 3.05) is 5.73 Å². The molecule has 72 valence electrons. The van der Waals surface area contributed by atoms with Crippen molar-refractivity contribution in [3.63, 3.8) is 0 Å². The molecule has 0 aliphatic carbocycles. The maximum absolute atomic E-state index is 13.2. The molecule has 0 aliphatic heterocycles. The van der Waals surface area contributed by atoms with Crippen LogP contribution in [-0.4, -0.2) is 7.85 Å². The summed E-state index contributed by atoms with van der Waals surface area (Å²) < 4.78 is 29.5. The molecule has 0 atom stereocenters. The van der Waals surface area contributed by atoms with E-state index in [0.717, 1.165) is 0 Å². The highest BCUT2D eigenvalue weighted by atomic mass is 79.9. The molecular weight excluding hydrogens is 273 g/mol.